The van der Waals surface area contributed by atoms with E-state index in [4.69, 9.17) is 0 Å². The molecule has 0 radical (unpaired) electrons. The summed E-state index contributed by atoms with van der Waals surface area (Å²) in [7, 11) is 0. The van der Waals surface area contributed by atoms with Gasteiger partial charge in [-0.25, -0.2) is 4.68 Å². The molecule has 1 unspecified atom stereocenters. The molecule has 0 bridgehead atoms. The van der Waals surface area contributed by atoms with Gasteiger partial charge in [-0.15, -0.1) is 0 Å². The number of nitrogens with one attached hydrogen (secondary N) is 1. The van der Waals surface area contributed by atoms with E-state index in [1.165, 1.54) is 11.1 Å². The van der Waals surface area contributed by atoms with Gasteiger partial charge in [-0.1, -0.05) is 27.6 Å². The van der Waals surface area contributed by atoms with Crippen LogP contribution in [0, 0.1) is 20.8 Å². The quantitative estimate of drug-likeness (QED) is 0.627. The second-order valence-corrected chi connectivity index (χ2v) is 7.29. The summed E-state index contributed by atoms with van der Waals surface area (Å²) < 4.78 is 2.88. The first kappa shape index (κ1) is 15.3. The van der Waals surface area contributed by atoms with E-state index in [0.29, 0.717) is 0 Å². The smallest absolute Gasteiger partial charge is 0.150 e. The van der Waals surface area contributed by atoms with E-state index in [0.717, 1.165) is 32.7 Å². The molecular formula is C19H18BrN3O. The highest BCUT2D eigenvalue weighted by Gasteiger charge is 2.29. The molecule has 0 spiro atoms. The SMILES string of the molecule is Cc1cc(C)c2c(c1)-c1cc(C)nn1C(c1cc(Br)ccc1O)N2. The molecule has 2 aromatic carbocycles. The van der Waals surface area contributed by atoms with Crippen molar-refractivity contribution in [2.24, 2.45) is 0 Å². The normalized spacial score (nSPS) is 15.6. The lowest BCUT2D eigenvalue weighted by Crippen LogP contribution is -2.26. The van der Waals surface area contributed by atoms with Gasteiger partial charge in [-0.2, -0.15) is 5.10 Å². The van der Waals surface area contributed by atoms with Crippen LogP contribution in [-0.2, 0) is 0 Å². The molecule has 2 N–H and O–H groups in total. The van der Waals surface area contributed by atoms with E-state index in [-0.39, 0.29) is 11.9 Å². The zero-order valence-corrected chi connectivity index (χ0v) is 15.3. The number of aromatic nitrogens is 2. The Morgan fingerprint density at radius 2 is 1.92 bits per heavy atom. The number of halogens is 1. The van der Waals surface area contributed by atoms with Crippen LogP contribution in [0.4, 0.5) is 5.69 Å². The molecule has 3 aromatic rings. The molecule has 0 amide bonds. The highest BCUT2D eigenvalue weighted by Crippen LogP contribution is 2.42. The number of hydrogen-bond donors (Lipinski definition) is 2. The highest BCUT2D eigenvalue weighted by atomic mass is 79.9. The Hall–Kier alpha value is -2.27. The number of benzene rings is 2. The number of anilines is 1. The van der Waals surface area contributed by atoms with Crippen LogP contribution >= 0.6 is 15.9 Å². The van der Waals surface area contributed by atoms with E-state index in [1.807, 2.05) is 23.7 Å². The Bertz CT molecular complexity index is 961. The second-order valence-electron chi connectivity index (χ2n) is 6.37. The molecule has 5 heteroatoms. The fourth-order valence-corrected chi connectivity index (χ4v) is 3.81. The van der Waals surface area contributed by atoms with Crippen LogP contribution in [0.25, 0.3) is 11.3 Å². The van der Waals surface area contributed by atoms with E-state index in [1.54, 1.807) is 6.07 Å². The number of phenolic OH excluding ortho intramolecular Hbond substituents is 1. The largest absolute Gasteiger partial charge is 0.508 e. The third-order valence-corrected chi connectivity index (χ3v) is 4.92. The molecular weight excluding hydrogens is 366 g/mol. The number of aryl methyl sites for hydroxylation is 3. The van der Waals surface area contributed by atoms with Crippen molar-refractivity contribution in [3.63, 3.8) is 0 Å². The van der Waals surface area contributed by atoms with Crippen molar-refractivity contribution in [2.75, 3.05) is 5.32 Å². The number of hydrogen-bond acceptors (Lipinski definition) is 3. The summed E-state index contributed by atoms with van der Waals surface area (Å²) in [6, 6.07) is 11.9. The monoisotopic (exact) mass is 383 g/mol. The lowest BCUT2D eigenvalue weighted by atomic mass is 9.98. The average Bonchev–Trinajstić information content (AvgIpc) is 2.91. The summed E-state index contributed by atoms with van der Waals surface area (Å²) >= 11 is 3.50. The minimum absolute atomic E-state index is 0.250. The van der Waals surface area contributed by atoms with Gasteiger partial charge in [0.15, 0.2) is 6.17 Å². The first-order valence-electron chi connectivity index (χ1n) is 7.87. The Morgan fingerprint density at radius 3 is 2.71 bits per heavy atom. The van der Waals surface area contributed by atoms with E-state index >= 15 is 0 Å². The molecule has 0 saturated carbocycles. The molecule has 4 rings (SSSR count). The fourth-order valence-electron chi connectivity index (χ4n) is 3.43. The van der Waals surface area contributed by atoms with Gasteiger partial charge in [0.25, 0.3) is 0 Å². The van der Waals surface area contributed by atoms with E-state index in [9.17, 15) is 5.11 Å². The zero-order valence-electron chi connectivity index (χ0n) is 13.8. The zero-order chi connectivity index (χ0) is 17.0. The first-order chi connectivity index (χ1) is 11.4. The van der Waals surface area contributed by atoms with Crippen LogP contribution in [0.5, 0.6) is 5.75 Å². The van der Waals surface area contributed by atoms with Crippen molar-refractivity contribution in [1.29, 1.82) is 0 Å². The third-order valence-electron chi connectivity index (χ3n) is 4.42. The van der Waals surface area contributed by atoms with Crippen molar-refractivity contribution in [3.05, 3.63) is 63.3 Å². The maximum atomic E-state index is 10.4. The third kappa shape index (κ3) is 2.31. The van der Waals surface area contributed by atoms with Gasteiger partial charge in [-0.05, 0) is 56.7 Å². The summed E-state index contributed by atoms with van der Waals surface area (Å²) in [5.74, 6) is 0.253. The Balaban J connectivity index is 1.97. The topological polar surface area (TPSA) is 50.1 Å². The molecule has 1 aliphatic rings. The average molecular weight is 384 g/mol. The molecule has 2 heterocycles. The molecule has 1 atom stereocenters. The second kappa shape index (κ2) is 5.38. The number of fused-ring (bicyclic) bond motifs is 3. The molecule has 0 saturated heterocycles. The fraction of sp³-hybridized carbons (Fsp3) is 0.211. The number of nitrogens with zero attached hydrogens (tertiary/aromatic N) is 2. The van der Waals surface area contributed by atoms with E-state index in [2.05, 4.69) is 58.4 Å². The van der Waals surface area contributed by atoms with E-state index < -0.39 is 0 Å². The van der Waals surface area contributed by atoms with Crippen LogP contribution in [0.2, 0.25) is 0 Å². The summed E-state index contributed by atoms with van der Waals surface area (Å²) in [4.78, 5) is 0. The van der Waals surface area contributed by atoms with Crippen LogP contribution in [-0.4, -0.2) is 14.9 Å². The van der Waals surface area contributed by atoms with Crippen LogP contribution in [0.15, 0.2) is 40.9 Å². The number of rotatable bonds is 1. The van der Waals surface area contributed by atoms with Crippen molar-refractivity contribution in [1.82, 2.24) is 9.78 Å². The van der Waals surface area contributed by atoms with Gasteiger partial charge in [0.1, 0.15) is 5.75 Å². The van der Waals surface area contributed by atoms with Crippen molar-refractivity contribution < 1.29 is 5.11 Å². The molecule has 1 aromatic heterocycles. The van der Waals surface area contributed by atoms with Gasteiger partial charge < -0.3 is 10.4 Å². The van der Waals surface area contributed by atoms with Crippen LogP contribution in [0.3, 0.4) is 0 Å². The minimum Gasteiger partial charge on any atom is -0.508 e. The van der Waals surface area contributed by atoms with Gasteiger partial charge >= 0.3 is 0 Å². The predicted octanol–water partition coefficient (Wildman–Crippen LogP) is 4.92. The molecule has 0 fully saturated rings. The standard InChI is InChI=1S/C19H18BrN3O/c1-10-6-11(2)18-14(7-10)16-8-12(3)22-23(16)19(21-18)15-9-13(20)4-5-17(15)24/h4-9,19,21,24H,1-3H3. The molecule has 122 valence electrons. The van der Waals surface area contributed by atoms with Gasteiger partial charge in [0, 0.05) is 21.3 Å². The maximum absolute atomic E-state index is 10.4. The maximum Gasteiger partial charge on any atom is 0.150 e. The van der Waals surface area contributed by atoms with Crippen LogP contribution in [0.1, 0.15) is 28.6 Å². The summed E-state index contributed by atoms with van der Waals surface area (Å²) in [5, 5.41) is 18.6. The molecule has 1 aliphatic heterocycles. The molecule has 4 nitrogen and oxygen atoms in total. The summed E-state index contributed by atoms with van der Waals surface area (Å²) in [6.07, 6.45) is -0.250. The lowest BCUT2D eigenvalue weighted by Gasteiger charge is -2.31. The van der Waals surface area contributed by atoms with Gasteiger partial charge in [0.2, 0.25) is 0 Å². The molecule has 0 aliphatic carbocycles. The highest BCUT2D eigenvalue weighted by molar-refractivity contribution is 9.10. The van der Waals surface area contributed by atoms with Crippen molar-refractivity contribution in [2.45, 2.75) is 26.9 Å². The Morgan fingerprint density at radius 1 is 1.12 bits per heavy atom. The number of aromatic hydroxyl groups is 1. The summed E-state index contributed by atoms with van der Waals surface area (Å²) in [5.41, 5.74) is 7.48. The van der Waals surface area contributed by atoms with Crippen molar-refractivity contribution in [3.8, 4) is 17.0 Å². The first-order valence-corrected chi connectivity index (χ1v) is 8.66. The Labute approximate surface area is 149 Å². The predicted molar refractivity (Wildman–Crippen MR) is 99.4 cm³/mol. The van der Waals surface area contributed by atoms with Crippen molar-refractivity contribution >= 4 is 21.6 Å². The Kier molecular flexibility index (Phi) is 3.42. The van der Waals surface area contributed by atoms with Gasteiger partial charge in [0.05, 0.1) is 11.4 Å². The minimum atomic E-state index is -0.250. The molecule has 24 heavy (non-hydrogen) atoms. The summed E-state index contributed by atoms with van der Waals surface area (Å²) in [6.45, 7) is 6.20. The van der Waals surface area contributed by atoms with Crippen LogP contribution < -0.4 is 5.32 Å². The lowest BCUT2D eigenvalue weighted by molar-refractivity contribution is 0.452. The van der Waals surface area contributed by atoms with Gasteiger partial charge in [-0.3, -0.25) is 0 Å². The number of phenols is 1.